The van der Waals surface area contributed by atoms with Crippen molar-refractivity contribution < 1.29 is 0 Å². The number of pyridine rings is 1. The summed E-state index contributed by atoms with van der Waals surface area (Å²) in [6.07, 6.45) is 6.42. The van der Waals surface area contributed by atoms with Crippen LogP contribution in [0.3, 0.4) is 0 Å². The van der Waals surface area contributed by atoms with Crippen LogP contribution in [0.5, 0.6) is 0 Å². The number of hydrazine groups is 1. The first kappa shape index (κ1) is 11.0. The molecule has 0 saturated carbocycles. The maximum Gasteiger partial charge on any atom is 0.0553 e. The highest BCUT2D eigenvalue weighted by Crippen LogP contribution is 2.17. The average molecular weight is 232 g/mol. The molecule has 92 valence electrons. The van der Waals surface area contributed by atoms with Crippen molar-refractivity contribution in [2.24, 2.45) is 0 Å². The van der Waals surface area contributed by atoms with Gasteiger partial charge in [0.1, 0.15) is 0 Å². The van der Waals surface area contributed by atoms with Gasteiger partial charge in [0.05, 0.1) is 11.9 Å². The van der Waals surface area contributed by atoms with E-state index in [-0.39, 0.29) is 0 Å². The lowest BCUT2D eigenvalue weighted by Crippen LogP contribution is -2.51. The minimum Gasteiger partial charge on any atom is -0.369 e. The molecule has 0 bridgehead atoms. The highest BCUT2D eigenvalue weighted by atomic mass is 15.6. The summed E-state index contributed by atoms with van der Waals surface area (Å²) in [5.74, 6) is 0. The molecule has 4 nitrogen and oxygen atoms in total. The van der Waals surface area contributed by atoms with Crippen molar-refractivity contribution in [1.29, 1.82) is 0 Å². The molecular formula is C13H20N4. The van der Waals surface area contributed by atoms with Crippen molar-refractivity contribution in [3.05, 3.63) is 24.5 Å². The van der Waals surface area contributed by atoms with Crippen molar-refractivity contribution in [2.45, 2.75) is 12.8 Å². The Kier molecular flexibility index (Phi) is 3.25. The van der Waals surface area contributed by atoms with E-state index in [0.717, 1.165) is 19.6 Å². The fraction of sp³-hybridized carbons (Fsp3) is 0.615. The largest absolute Gasteiger partial charge is 0.369 e. The minimum atomic E-state index is 1.11. The maximum atomic E-state index is 4.21. The highest BCUT2D eigenvalue weighted by Gasteiger charge is 2.24. The second-order valence-electron chi connectivity index (χ2n) is 4.81. The molecule has 4 heteroatoms. The summed E-state index contributed by atoms with van der Waals surface area (Å²) in [5, 5.41) is 5.02. The molecule has 2 fully saturated rings. The van der Waals surface area contributed by atoms with Gasteiger partial charge in [0.25, 0.3) is 0 Å². The molecule has 3 heterocycles. The zero-order valence-electron chi connectivity index (χ0n) is 10.3. The van der Waals surface area contributed by atoms with Crippen LogP contribution in [0.25, 0.3) is 0 Å². The fourth-order valence-corrected chi connectivity index (χ4v) is 2.57. The third-order valence-corrected chi connectivity index (χ3v) is 3.72. The van der Waals surface area contributed by atoms with Crippen LogP contribution >= 0.6 is 0 Å². The Morgan fingerprint density at radius 3 is 2.35 bits per heavy atom. The van der Waals surface area contributed by atoms with Gasteiger partial charge in [0, 0.05) is 45.5 Å². The molecule has 0 aromatic carbocycles. The molecule has 2 saturated heterocycles. The second kappa shape index (κ2) is 5.02. The molecule has 3 rings (SSSR count). The molecule has 0 atom stereocenters. The van der Waals surface area contributed by atoms with Crippen LogP contribution < -0.4 is 4.90 Å². The molecule has 2 aliphatic heterocycles. The first-order valence-corrected chi connectivity index (χ1v) is 6.58. The Balaban J connectivity index is 1.62. The zero-order valence-corrected chi connectivity index (χ0v) is 10.3. The lowest BCUT2D eigenvalue weighted by Gasteiger charge is -2.40. The van der Waals surface area contributed by atoms with Gasteiger partial charge in [-0.3, -0.25) is 4.98 Å². The van der Waals surface area contributed by atoms with Gasteiger partial charge in [-0.25, -0.2) is 10.0 Å². The minimum absolute atomic E-state index is 1.11. The van der Waals surface area contributed by atoms with Crippen LogP contribution in [-0.2, 0) is 0 Å². The van der Waals surface area contributed by atoms with Gasteiger partial charge >= 0.3 is 0 Å². The standard InChI is InChI=1S/C13H20N4/c1-4-13(12-14-5-1)15-6-2-7-17(11-10-15)16-8-3-9-16/h1,4-5,12H,2-3,6-11H2. The van der Waals surface area contributed by atoms with E-state index >= 15 is 0 Å². The molecule has 0 radical (unpaired) electrons. The third-order valence-electron chi connectivity index (χ3n) is 3.72. The second-order valence-corrected chi connectivity index (χ2v) is 4.81. The third kappa shape index (κ3) is 2.42. The SMILES string of the molecule is c1cncc(N2CCCN(N3CCC3)CC2)c1. The van der Waals surface area contributed by atoms with Crippen molar-refractivity contribution in [1.82, 2.24) is 15.0 Å². The quantitative estimate of drug-likeness (QED) is 0.764. The summed E-state index contributed by atoms with van der Waals surface area (Å²) in [4.78, 5) is 6.66. The Bertz CT molecular complexity index is 350. The number of anilines is 1. The van der Waals surface area contributed by atoms with Gasteiger partial charge in [-0.05, 0) is 25.0 Å². The highest BCUT2D eigenvalue weighted by molar-refractivity contribution is 5.43. The summed E-state index contributed by atoms with van der Waals surface area (Å²) in [7, 11) is 0. The van der Waals surface area contributed by atoms with Crippen molar-refractivity contribution in [3.8, 4) is 0 Å². The van der Waals surface area contributed by atoms with Crippen molar-refractivity contribution in [3.63, 3.8) is 0 Å². The van der Waals surface area contributed by atoms with E-state index in [1.165, 1.54) is 38.2 Å². The Morgan fingerprint density at radius 1 is 0.882 bits per heavy atom. The van der Waals surface area contributed by atoms with Crippen LogP contribution in [0, 0.1) is 0 Å². The molecule has 0 unspecified atom stereocenters. The van der Waals surface area contributed by atoms with Crippen LogP contribution in [0.1, 0.15) is 12.8 Å². The number of hydrogen-bond donors (Lipinski definition) is 0. The lowest BCUT2D eigenvalue weighted by molar-refractivity contribution is -0.0671. The number of hydrogen-bond acceptors (Lipinski definition) is 4. The van der Waals surface area contributed by atoms with Gasteiger partial charge in [-0.2, -0.15) is 0 Å². The number of nitrogens with zero attached hydrogens (tertiary/aromatic N) is 4. The van der Waals surface area contributed by atoms with Gasteiger partial charge in [0.15, 0.2) is 0 Å². The van der Waals surface area contributed by atoms with Crippen LogP contribution in [0.15, 0.2) is 24.5 Å². The normalized spacial score (nSPS) is 23.2. The molecule has 17 heavy (non-hydrogen) atoms. The molecule has 1 aromatic heterocycles. The van der Waals surface area contributed by atoms with E-state index in [2.05, 4.69) is 26.0 Å². The number of aromatic nitrogens is 1. The summed E-state index contributed by atoms with van der Waals surface area (Å²) >= 11 is 0. The van der Waals surface area contributed by atoms with Crippen LogP contribution in [0.2, 0.25) is 0 Å². The zero-order chi connectivity index (χ0) is 11.5. The Labute approximate surface area is 103 Å². The molecule has 1 aromatic rings. The summed E-state index contributed by atoms with van der Waals surface area (Å²) in [5.41, 5.74) is 1.26. The van der Waals surface area contributed by atoms with Crippen molar-refractivity contribution >= 4 is 5.69 Å². The summed E-state index contributed by atoms with van der Waals surface area (Å²) in [6, 6.07) is 4.18. The van der Waals surface area contributed by atoms with Crippen molar-refractivity contribution in [2.75, 3.05) is 44.2 Å². The summed E-state index contributed by atoms with van der Waals surface area (Å²) in [6.45, 7) is 7.13. The number of rotatable bonds is 2. The van der Waals surface area contributed by atoms with E-state index in [1.807, 2.05) is 18.5 Å². The van der Waals surface area contributed by atoms with E-state index in [9.17, 15) is 0 Å². The Morgan fingerprint density at radius 2 is 1.65 bits per heavy atom. The van der Waals surface area contributed by atoms with E-state index in [4.69, 9.17) is 0 Å². The molecule has 0 aliphatic carbocycles. The van der Waals surface area contributed by atoms with Gasteiger partial charge in [-0.1, -0.05) is 0 Å². The average Bonchev–Trinajstić information content (AvgIpc) is 2.54. The predicted molar refractivity (Wildman–Crippen MR) is 68.8 cm³/mol. The first-order chi connectivity index (χ1) is 8.43. The topological polar surface area (TPSA) is 22.6 Å². The molecule has 0 spiro atoms. The smallest absolute Gasteiger partial charge is 0.0553 e. The van der Waals surface area contributed by atoms with Gasteiger partial charge in [-0.15, -0.1) is 0 Å². The van der Waals surface area contributed by atoms with E-state index < -0.39 is 0 Å². The fourth-order valence-electron chi connectivity index (χ4n) is 2.57. The van der Waals surface area contributed by atoms with E-state index in [0.29, 0.717) is 0 Å². The molecule has 0 N–H and O–H groups in total. The van der Waals surface area contributed by atoms with E-state index in [1.54, 1.807) is 0 Å². The first-order valence-electron chi connectivity index (χ1n) is 6.58. The van der Waals surface area contributed by atoms with Crippen LogP contribution in [-0.4, -0.2) is 54.3 Å². The molecular weight excluding hydrogens is 212 g/mol. The van der Waals surface area contributed by atoms with Gasteiger partial charge < -0.3 is 4.90 Å². The monoisotopic (exact) mass is 232 g/mol. The van der Waals surface area contributed by atoms with Crippen LogP contribution in [0.4, 0.5) is 5.69 Å². The molecule has 2 aliphatic rings. The maximum absolute atomic E-state index is 4.21. The van der Waals surface area contributed by atoms with Gasteiger partial charge in [0.2, 0.25) is 0 Å². The summed E-state index contributed by atoms with van der Waals surface area (Å²) < 4.78 is 0. The predicted octanol–water partition coefficient (Wildman–Crippen LogP) is 1.21. The Hall–Kier alpha value is -1.13. The lowest BCUT2D eigenvalue weighted by atomic mass is 10.3. The molecule has 0 amide bonds.